The van der Waals surface area contributed by atoms with Crippen molar-refractivity contribution in [1.29, 1.82) is 0 Å². The zero-order valence-electron chi connectivity index (χ0n) is 15.6. The second kappa shape index (κ2) is 18.0. The first-order valence-electron chi connectivity index (χ1n) is 9.46. The van der Waals surface area contributed by atoms with E-state index < -0.39 is 6.10 Å². The van der Waals surface area contributed by atoms with E-state index in [1.807, 2.05) is 0 Å². The van der Waals surface area contributed by atoms with Gasteiger partial charge in [0.2, 0.25) is 0 Å². The van der Waals surface area contributed by atoms with Gasteiger partial charge in [0.15, 0.2) is 0 Å². The molecule has 0 bridgehead atoms. The van der Waals surface area contributed by atoms with Gasteiger partial charge in [0.05, 0.1) is 6.61 Å². The minimum Gasteiger partial charge on any atom is -0.460 e. The molecule has 3 nitrogen and oxygen atoms in total. The molecule has 0 rings (SSSR count). The van der Waals surface area contributed by atoms with Gasteiger partial charge in [0, 0.05) is 6.42 Å². The van der Waals surface area contributed by atoms with Crippen LogP contribution in [0, 0.1) is 0 Å². The SMILES string of the molecule is CCCCCC=CCC=CCC=CCCCCC(=O)OC(C)CO. The second-order valence-electron chi connectivity index (χ2n) is 6.11. The van der Waals surface area contributed by atoms with Crippen LogP contribution < -0.4 is 0 Å². The number of esters is 1. The van der Waals surface area contributed by atoms with E-state index >= 15 is 0 Å². The highest BCUT2D eigenvalue weighted by Crippen LogP contribution is 2.04. The first kappa shape index (κ1) is 22.6. The molecule has 0 saturated carbocycles. The lowest BCUT2D eigenvalue weighted by atomic mass is 10.1. The molecule has 0 spiro atoms. The van der Waals surface area contributed by atoms with E-state index in [2.05, 4.69) is 43.4 Å². The van der Waals surface area contributed by atoms with E-state index in [4.69, 9.17) is 9.84 Å². The lowest BCUT2D eigenvalue weighted by Gasteiger charge is -2.09. The highest BCUT2D eigenvalue weighted by molar-refractivity contribution is 5.69. The molecule has 1 atom stereocenters. The van der Waals surface area contributed by atoms with E-state index in [1.165, 1.54) is 25.7 Å². The van der Waals surface area contributed by atoms with E-state index in [0.29, 0.717) is 6.42 Å². The van der Waals surface area contributed by atoms with Crippen LogP contribution in [0.4, 0.5) is 0 Å². The third kappa shape index (κ3) is 17.0. The molecule has 0 fully saturated rings. The number of allylic oxidation sites excluding steroid dienone is 6. The molecule has 1 N–H and O–H groups in total. The number of hydrogen-bond donors (Lipinski definition) is 1. The molecular weight excluding hydrogens is 300 g/mol. The fourth-order valence-electron chi connectivity index (χ4n) is 2.14. The molecule has 0 aromatic carbocycles. The molecule has 24 heavy (non-hydrogen) atoms. The maximum atomic E-state index is 11.4. The first-order chi connectivity index (χ1) is 11.7. The molecule has 0 heterocycles. The zero-order valence-corrected chi connectivity index (χ0v) is 15.6. The number of rotatable bonds is 15. The molecule has 3 heteroatoms. The Morgan fingerprint density at radius 1 is 0.917 bits per heavy atom. The number of carbonyl (C=O) groups is 1. The van der Waals surface area contributed by atoms with E-state index in [9.17, 15) is 4.79 Å². The Morgan fingerprint density at radius 2 is 1.46 bits per heavy atom. The fourth-order valence-corrected chi connectivity index (χ4v) is 2.14. The lowest BCUT2D eigenvalue weighted by molar-refractivity contribution is -0.150. The summed E-state index contributed by atoms with van der Waals surface area (Å²) >= 11 is 0. The molecule has 0 aliphatic rings. The van der Waals surface area contributed by atoms with Gasteiger partial charge in [-0.15, -0.1) is 0 Å². The topological polar surface area (TPSA) is 46.5 Å². The van der Waals surface area contributed by atoms with Crippen molar-refractivity contribution in [2.75, 3.05) is 6.61 Å². The molecule has 0 aromatic rings. The first-order valence-corrected chi connectivity index (χ1v) is 9.46. The summed E-state index contributed by atoms with van der Waals surface area (Å²) in [6.45, 7) is 3.81. The number of unbranched alkanes of at least 4 members (excludes halogenated alkanes) is 5. The van der Waals surface area contributed by atoms with Crippen LogP contribution in [0.25, 0.3) is 0 Å². The second-order valence-corrected chi connectivity index (χ2v) is 6.11. The van der Waals surface area contributed by atoms with Crippen LogP contribution in [0.3, 0.4) is 0 Å². The van der Waals surface area contributed by atoms with Crippen molar-refractivity contribution in [3.8, 4) is 0 Å². The Bertz CT molecular complexity index is 369. The van der Waals surface area contributed by atoms with Crippen molar-refractivity contribution in [3.05, 3.63) is 36.5 Å². The minimum atomic E-state index is -0.393. The summed E-state index contributed by atoms with van der Waals surface area (Å²) in [5, 5.41) is 8.79. The van der Waals surface area contributed by atoms with Crippen LogP contribution in [0.5, 0.6) is 0 Å². The molecule has 0 radical (unpaired) electrons. The predicted octanol–water partition coefficient (Wildman–Crippen LogP) is 5.50. The maximum absolute atomic E-state index is 11.4. The average molecular weight is 337 g/mol. The highest BCUT2D eigenvalue weighted by atomic mass is 16.5. The minimum absolute atomic E-state index is 0.114. The Morgan fingerprint density at radius 3 is 2.00 bits per heavy atom. The van der Waals surface area contributed by atoms with Crippen molar-refractivity contribution in [2.45, 2.75) is 84.2 Å². The molecule has 0 aliphatic carbocycles. The van der Waals surface area contributed by atoms with Crippen LogP contribution in [0.1, 0.15) is 78.1 Å². The number of aliphatic hydroxyl groups excluding tert-OH is 1. The largest absolute Gasteiger partial charge is 0.460 e. The summed E-state index contributed by atoms with van der Waals surface area (Å²) < 4.78 is 5.00. The molecule has 0 saturated heterocycles. The van der Waals surface area contributed by atoms with Crippen LogP contribution in [-0.2, 0) is 9.53 Å². The molecule has 1 unspecified atom stereocenters. The third-order valence-electron chi connectivity index (χ3n) is 3.61. The number of carbonyl (C=O) groups excluding carboxylic acids is 1. The molecule has 0 aromatic heterocycles. The summed E-state index contributed by atoms with van der Waals surface area (Å²) in [7, 11) is 0. The zero-order chi connectivity index (χ0) is 17.9. The van der Waals surface area contributed by atoms with Gasteiger partial charge in [-0.2, -0.15) is 0 Å². The van der Waals surface area contributed by atoms with E-state index in [0.717, 1.165) is 32.1 Å². The van der Waals surface area contributed by atoms with Crippen molar-refractivity contribution >= 4 is 5.97 Å². The highest BCUT2D eigenvalue weighted by Gasteiger charge is 2.07. The smallest absolute Gasteiger partial charge is 0.306 e. The average Bonchev–Trinajstić information content (AvgIpc) is 2.58. The summed E-state index contributed by atoms with van der Waals surface area (Å²) in [6.07, 6.45) is 23.2. The Labute approximate surface area is 148 Å². The van der Waals surface area contributed by atoms with E-state index in [1.54, 1.807) is 6.92 Å². The van der Waals surface area contributed by atoms with Crippen molar-refractivity contribution in [2.24, 2.45) is 0 Å². The van der Waals surface area contributed by atoms with Crippen molar-refractivity contribution in [3.63, 3.8) is 0 Å². The fraction of sp³-hybridized carbons (Fsp3) is 0.667. The molecule has 0 amide bonds. The van der Waals surface area contributed by atoms with Gasteiger partial charge in [0.25, 0.3) is 0 Å². The van der Waals surface area contributed by atoms with Gasteiger partial charge in [-0.25, -0.2) is 0 Å². The normalized spacial score (nSPS) is 13.3. The maximum Gasteiger partial charge on any atom is 0.306 e. The Hall–Kier alpha value is -1.35. The molecule has 0 aliphatic heterocycles. The van der Waals surface area contributed by atoms with Crippen molar-refractivity contribution in [1.82, 2.24) is 0 Å². The Kier molecular flexibility index (Phi) is 17.0. The monoisotopic (exact) mass is 336 g/mol. The Balaban J connectivity index is 3.43. The van der Waals surface area contributed by atoms with Crippen molar-refractivity contribution < 1.29 is 14.6 Å². The standard InChI is InChI=1S/C21H36O3/c1-3-4-5-6-7-8-9-10-11-12-13-14-15-16-17-18-21(23)24-20(2)19-22/h7-8,10-11,13-14,20,22H,3-6,9,12,15-19H2,1-2H3. The predicted molar refractivity (Wildman–Crippen MR) is 102 cm³/mol. The van der Waals surface area contributed by atoms with E-state index in [-0.39, 0.29) is 12.6 Å². The summed E-state index contributed by atoms with van der Waals surface area (Å²) in [4.78, 5) is 11.4. The van der Waals surface area contributed by atoms with Crippen LogP contribution >= 0.6 is 0 Å². The number of ether oxygens (including phenoxy) is 1. The van der Waals surface area contributed by atoms with Gasteiger partial charge in [0.1, 0.15) is 6.10 Å². The van der Waals surface area contributed by atoms with Gasteiger partial charge in [-0.3, -0.25) is 4.79 Å². The van der Waals surface area contributed by atoms with Crippen LogP contribution in [0.2, 0.25) is 0 Å². The van der Waals surface area contributed by atoms with Crippen LogP contribution in [0.15, 0.2) is 36.5 Å². The molecule has 138 valence electrons. The summed E-state index contributed by atoms with van der Waals surface area (Å²) in [5.41, 5.74) is 0. The number of aliphatic hydroxyl groups is 1. The summed E-state index contributed by atoms with van der Waals surface area (Å²) in [6, 6.07) is 0. The quantitative estimate of drug-likeness (QED) is 0.244. The van der Waals surface area contributed by atoms with Gasteiger partial charge < -0.3 is 9.84 Å². The number of hydrogen-bond acceptors (Lipinski definition) is 3. The lowest BCUT2D eigenvalue weighted by Crippen LogP contribution is -2.17. The molecular formula is C21H36O3. The summed E-state index contributed by atoms with van der Waals surface area (Å²) in [5.74, 6) is -0.216. The van der Waals surface area contributed by atoms with Gasteiger partial charge in [-0.1, -0.05) is 56.2 Å². The van der Waals surface area contributed by atoms with Crippen LogP contribution in [-0.4, -0.2) is 23.8 Å². The van der Waals surface area contributed by atoms with Gasteiger partial charge >= 0.3 is 5.97 Å². The third-order valence-corrected chi connectivity index (χ3v) is 3.61. The van der Waals surface area contributed by atoms with Gasteiger partial charge in [-0.05, 0) is 51.9 Å².